The largest absolute Gasteiger partial charge is 0.476 e. The number of hydrogen-bond acceptors (Lipinski definition) is 2. The first-order chi connectivity index (χ1) is 6.49. The van der Waals surface area contributed by atoms with Crippen LogP contribution in [0.5, 0.6) is 0 Å². The number of nitrogens with zero attached hydrogens (tertiary/aromatic N) is 2. The number of carbonyl (C=O) groups is 1. The Morgan fingerprint density at radius 3 is 2.50 bits per heavy atom. The molecule has 0 unspecified atom stereocenters. The average Bonchev–Trinajstić information content (AvgIpc) is 2.42. The first kappa shape index (κ1) is 11.0. The molecule has 0 atom stereocenters. The van der Waals surface area contributed by atoms with Crippen LogP contribution in [0, 0.1) is 0 Å². The van der Waals surface area contributed by atoms with Crippen molar-refractivity contribution < 1.29 is 9.90 Å². The number of carboxylic acids is 1. The number of hydrogen-bond donors (Lipinski definition) is 1. The normalized spacial score (nSPS) is 10.9. The third-order valence-corrected chi connectivity index (χ3v) is 2.37. The number of carboxylic acid groups (broad SMARTS) is 1. The third kappa shape index (κ3) is 1.75. The standard InChI is InChI=1S/C9H13ClN2O2/c1-4-6-7(10)8(9(13)14)11-12(6)5(2)3/h5H,4H2,1-3H3,(H,13,14). The second kappa shape index (κ2) is 4.00. The van der Waals surface area contributed by atoms with Crippen molar-refractivity contribution in [2.75, 3.05) is 0 Å². The maximum absolute atomic E-state index is 10.8. The van der Waals surface area contributed by atoms with E-state index in [1.165, 1.54) is 0 Å². The molecule has 4 nitrogen and oxygen atoms in total. The van der Waals surface area contributed by atoms with Crippen molar-refractivity contribution in [3.05, 3.63) is 16.4 Å². The van der Waals surface area contributed by atoms with E-state index in [0.29, 0.717) is 6.42 Å². The molecular weight excluding hydrogens is 204 g/mol. The Morgan fingerprint density at radius 1 is 1.64 bits per heavy atom. The lowest BCUT2D eigenvalue weighted by Gasteiger charge is -2.08. The number of aromatic nitrogens is 2. The molecule has 14 heavy (non-hydrogen) atoms. The van der Waals surface area contributed by atoms with Gasteiger partial charge in [0.1, 0.15) is 0 Å². The van der Waals surface area contributed by atoms with E-state index in [9.17, 15) is 4.79 Å². The molecule has 1 aromatic rings. The van der Waals surface area contributed by atoms with Gasteiger partial charge in [0.25, 0.3) is 0 Å². The number of halogens is 1. The molecule has 0 aliphatic carbocycles. The summed E-state index contributed by atoms with van der Waals surface area (Å²) in [5.74, 6) is -1.08. The fraction of sp³-hybridized carbons (Fsp3) is 0.556. The fourth-order valence-electron chi connectivity index (χ4n) is 1.33. The molecule has 0 bridgehead atoms. The Kier molecular flexibility index (Phi) is 3.16. The van der Waals surface area contributed by atoms with Crippen LogP contribution < -0.4 is 0 Å². The second-order valence-corrected chi connectivity index (χ2v) is 3.68. The van der Waals surface area contributed by atoms with Gasteiger partial charge < -0.3 is 5.11 Å². The lowest BCUT2D eigenvalue weighted by atomic mass is 10.3. The highest BCUT2D eigenvalue weighted by Gasteiger charge is 2.20. The van der Waals surface area contributed by atoms with E-state index in [-0.39, 0.29) is 16.8 Å². The van der Waals surface area contributed by atoms with E-state index in [2.05, 4.69) is 5.10 Å². The predicted octanol–water partition coefficient (Wildman–Crippen LogP) is 2.38. The third-order valence-electron chi connectivity index (χ3n) is 1.97. The minimum atomic E-state index is -1.08. The van der Waals surface area contributed by atoms with E-state index in [0.717, 1.165) is 5.69 Å². The molecule has 1 N–H and O–H groups in total. The molecule has 0 spiro atoms. The molecule has 0 saturated heterocycles. The fourth-order valence-corrected chi connectivity index (χ4v) is 1.67. The summed E-state index contributed by atoms with van der Waals surface area (Å²) in [6, 6.07) is 0.121. The van der Waals surface area contributed by atoms with E-state index in [4.69, 9.17) is 16.7 Å². The van der Waals surface area contributed by atoms with Gasteiger partial charge >= 0.3 is 5.97 Å². The zero-order valence-electron chi connectivity index (χ0n) is 8.41. The highest BCUT2D eigenvalue weighted by atomic mass is 35.5. The van der Waals surface area contributed by atoms with Crippen molar-refractivity contribution in [2.24, 2.45) is 0 Å². The summed E-state index contributed by atoms with van der Waals surface area (Å²) in [6.45, 7) is 5.80. The van der Waals surface area contributed by atoms with Crippen LogP contribution in [0.1, 0.15) is 43.0 Å². The van der Waals surface area contributed by atoms with Gasteiger partial charge in [-0.25, -0.2) is 4.79 Å². The minimum Gasteiger partial charge on any atom is -0.476 e. The smallest absolute Gasteiger partial charge is 0.357 e. The Hall–Kier alpha value is -1.03. The van der Waals surface area contributed by atoms with Crippen molar-refractivity contribution in [2.45, 2.75) is 33.2 Å². The Morgan fingerprint density at radius 2 is 2.21 bits per heavy atom. The van der Waals surface area contributed by atoms with Gasteiger partial charge in [-0.1, -0.05) is 18.5 Å². The summed E-state index contributed by atoms with van der Waals surface area (Å²) in [7, 11) is 0. The van der Waals surface area contributed by atoms with Crippen LogP contribution in [0.25, 0.3) is 0 Å². The van der Waals surface area contributed by atoms with Crippen LogP contribution in [0.4, 0.5) is 0 Å². The van der Waals surface area contributed by atoms with Gasteiger partial charge in [0.2, 0.25) is 0 Å². The predicted molar refractivity (Wildman–Crippen MR) is 54.0 cm³/mol. The number of rotatable bonds is 3. The van der Waals surface area contributed by atoms with Crippen LogP contribution in [-0.4, -0.2) is 20.9 Å². The zero-order valence-corrected chi connectivity index (χ0v) is 9.17. The monoisotopic (exact) mass is 216 g/mol. The quantitative estimate of drug-likeness (QED) is 0.844. The van der Waals surface area contributed by atoms with Crippen LogP contribution in [0.2, 0.25) is 5.02 Å². The van der Waals surface area contributed by atoms with Crippen molar-refractivity contribution in [1.29, 1.82) is 0 Å². The van der Waals surface area contributed by atoms with Gasteiger partial charge in [-0.3, -0.25) is 4.68 Å². The van der Waals surface area contributed by atoms with Gasteiger partial charge in [0.05, 0.1) is 10.7 Å². The Bertz CT molecular complexity index is 358. The van der Waals surface area contributed by atoms with Crippen LogP contribution >= 0.6 is 11.6 Å². The summed E-state index contributed by atoms with van der Waals surface area (Å²) < 4.78 is 1.66. The van der Waals surface area contributed by atoms with Crippen molar-refractivity contribution in [3.8, 4) is 0 Å². The second-order valence-electron chi connectivity index (χ2n) is 3.31. The van der Waals surface area contributed by atoms with Crippen LogP contribution in [0.15, 0.2) is 0 Å². The molecule has 0 radical (unpaired) electrons. The molecular formula is C9H13ClN2O2. The molecule has 0 aliphatic rings. The molecule has 1 aromatic heterocycles. The molecule has 5 heteroatoms. The maximum atomic E-state index is 10.8. The minimum absolute atomic E-state index is 0.0581. The zero-order chi connectivity index (χ0) is 10.9. The molecule has 1 heterocycles. The van der Waals surface area contributed by atoms with Crippen molar-refractivity contribution in [3.63, 3.8) is 0 Å². The topological polar surface area (TPSA) is 55.1 Å². The van der Waals surface area contributed by atoms with Crippen molar-refractivity contribution >= 4 is 17.6 Å². The van der Waals surface area contributed by atoms with Gasteiger partial charge in [-0.2, -0.15) is 5.10 Å². The summed E-state index contributed by atoms with van der Waals surface area (Å²) in [5.41, 5.74) is 0.719. The van der Waals surface area contributed by atoms with E-state index >= 15 is 0 Å². The summed E-state index contributed by atoms with van der Waals surface area (Å²) in [5, 5.41) is 13.0. The van der Waals surface area contributed by atoms with Crippen LogP contribution in [0.3, 0.4) is 0 Å². The molecule has 0 aromatic carbocycles. The molecule has 0 amide bonds. The van der Waals surface area contributed by atoms with E-state index < -0.39 is 5.97 Å². The first-order valence-electron chi connectivity index (χ1n) is 4.49. The van der Waals surface area contributed by atoms with Gasteiger partial charge in [-0.05, 0) is 20.3 Å². The van der Waals surface area contributed by atoms with Gasteiger partial charge in [0, 0.05) is 6.04 Å². The molecule has 0 fully saturated rings. The summed E-state index contributed by atoms with van der Waals surface area (Å²) in [6.07, 6.45) is 0.678. The molecule has 0 aliphatic heterocycles. The number of aromatic carboxylic acids is 1. The van der Waals surface area contributed by atoms with E-state index in [1.807, 2.05) is 20.8 Å². The summed E-state index contributed by atoms with van der Waals surface area (Å²) in [4.78, 5) is 10.8. The Labute approximate surface area is 87.5 Å². The average molecular weight is 217 g/mol. The SMILES string of the molecule is CCc1c(Cl)c(C(=O)O)nn1C(C)C. The van der Waals surface area contributed by atoms with E-state index in [1.54, 1.807) is 4.68 Å². The first-order valence-corrected chi connectivity index (χ1v) is 4.87. The lowest BCUT2D eigenvalue weighted by molar-refractivity contribution is 0.0689. The van der Waals surface area contributed by atoms with Crippen LogP contribution in [-0.2, 0) is 6.42 Å². The van der Waals surface area contributed by atoms with Gasteiger partial charge in [0.15, 0.2) is 5.69 Å². The maximum Gasteiger partial charge on any atom is 0.357 e. The van der Waals surface area contributed by atoms with Crippen molar-refractivity contribution in [1.82, 2.24) is 9.78 Å². The molecule has 0 saturated carbocycles. The molecule has 78 valence electrons. The highest BCUT2D eigenvalue weighted by molar-refractivity contribution is 6.33. The summed E-state index contributed by atoms with van der Waals surface area (Å²) >= 11 is 5.90. The molecule has 1 rings (SSSR count). The Balaban J connectivity index is 3.31. The lowest BCUT2D eigenvalue weighted by Crippen LogP contribution is -2.07. The highest BCUT2D eigenvalue weighted by Crippen LogP contribution is 2.24. The van der Waals surface area contributed by atoms with Gasteiger partial charge in [-0.15, -0.1) is 0 Å².